The molecule has 0 atom stereocenters. The van der Waals surface area contributed by atoms with Crippen LogP contribution in [0.1, 0.15) is 5.69 Å². The Morgan fingerprint density at radius 3 is 2.30 bits per heavy atom. The highest BCUT2D eigenvalue weighted by molar-refractivity contribution is 7.93. The van der Waals surface area contributed by atoms with Crippen LogP contribution in [-0.2, 0) is 16.2 Å². The first-order valence-electron chi connectivity index (χ1n) is 5.33. The number of aromatic nitrogens is 2. The van der Waals surface area contributed by atoms with E-state index in [-0.39, 0.29) is 9.34 Å². The fraction of sp³-hybridized carbons (Fsp3) is 0.222. The average Bonchev–Trinajstić information content (AvgIpc) is 2.92. The fourth-order valence-corrected chi connectivity index (χ4v) is 3.12. The molecule has 0 aliphatic rings. The maximum atomic E-state index is 12.5. The van der Waals surface area contributed by atoms with Gasteiger partial charge in [-0.3, -0.25) is 4.72 Å². The lowest BCUT2D eigenvalue weighted by Crippen LogP contribution is -2.30. The summed E-state index contributed by atoms with van der Waals surface area (Å²) in [5.74, 6) is 0. The molecule has 128 valence electrons. The number of rotatable bonds is 3. The third-order valence-electron chi connectivity index (χ3n) is 2.32. The van der Waals surface area contributed by atoms with Gasteiger partial charge in [0.1, 0.15) is 5.00 Å². The highest BCUT2D eigenvalue weighted by Crippen LogP contribution is 2.37. The van der Waals surface area contributed by atoms with E-state index >= 15 is 0 Å². The summed E-state index contributed by atoms with van der Waals surface area (Å²) in [5, 5.41) is 2.80. The van der Waals surface area contributed by atoms with Gasteiger partial charge in [-0.15, -0.1) is 11.3 Å². The van der Waals surface area contributed by atoms with Crippen molar-refractivity contribution >= 4 is 38.6 Å². The molecule has 0 radical (unpaired) electrons. The van der Waals surface area contributed by atoms with E-state index in [1.54, 1.807) is 0 Å². The lowest BCUT2D eigenvalue weighted by molar-refractivity contribution is -0.141. The Bertz CT molecular complexity index is 823. The van der Waals surface area contributed by atoms with Crippen LogP contribution in [0.15, 0.2) is 18.3 Å². The maximum Gasteiger partial charge on any atom is 0.516 e. The molecular weight excluding hydrogens is 396 g/mol. The summed E-state index contributed by atoms with van der Waals surface area (Å²) in [6.07, 6.45) is -3.95. The zero-order valence-corrected chi connectivity index (χ0v) is 12.8. The van der Waals surface area contributed by atoms with Crippen LogP contribution in [-0.4, -0.2) is 23.7 Å². The second kappa shape index (κ2) is 5.56. The molecule has 0 aliphatic heterocycles. The van der Waals surface area contributed by atoms with Crippen LogP contribution in [0.2, 0.25) is 4.34 Å². The lowest BCUT2D eigenvalue weighted by atomic mass is 10.4. The summed E-state index contributed by atoms with van der Waals surface area (Å²) in [6, 6.07) is 1.41. The number of hydrogen-bond acceptors (Lipinski definition) is 4. The van der Waals surface area contributed by atoms with Crippen molar-refractivity contribution in [2.45, 2.75) is 11.7 Å². The Morgan fingerprint density at radius 1 is 1.22 bits per heavy atom. The van der Waals surface area contributed by atoms with Gasteiger partial charge in [0.2, 0.25) is 0 Å². The maximum absolute atomic E-state index is 12.5. The highest BCUT2D eigenvalue weighted by Gasteiger charge is 2.46. The van der Waals surface area contributed by atoms with Crippen LogP contribution < -0.4 is 4.72 Å². The molecule has 1 N–H and O–H groups in total. The molecule has 0 amide bonds. The van der Waals surface area contributed by atoms with E-state index < -0.39 is 33.1 Å². The molecule has 5 nitrogen and oxygen atoms in total. The van der Waals surface area contributed by atoms with Gasteiger partial charge in [-0.05, 0) is 12.1 Å². The molecule has 23 heavy (non-hydrogen) atoms. The third-order valence-corrected chi connectivity index (χ3v) is 4.67. The predicted molar refractivity (Wildman–Crippen MR) is 70.1 cm³/mol. The summed E-state index contributed by atoms with van der Waals surface area (Å²) in [5.41, 5.74) is -7.54. The molecule has 2 rings (SSSR count). The number of thiophene rings is 1. The van der Waals surface area contributed by atoms with Crippen LogP contribution in [0.4, 0.5) is 32.0 Å². The first kappa shape index (κ1) is 17.9. The van der Waals surface area contributed by atoms with Crippen molar-refractivity contribution < 1.29 is 34.8 Å². The van der Waals surface area contributed by atoms with Crippen LogP contribution in [0.3, 0.4) is 0 Å². The zero-order chi connectivity index (χ0) is 17.6. The Balaban J connectivity index is 2.45. The number of nitrogens with zero attached hydrogens (tertiary/aromatic N) is 2. The number of anilines is 1. The number of hydrogen-bond donors (Lipinski definition) is 1. The topological polar surface area (TPSA) is 64.0 Å². The molecule has 0 aromatic carbocycles. The molecule has 14 heteroatoms. The molecule has 0 fully saturated rings. The van der Waals surface area contributed by atoms with Crippen molar-refractivity contribution in [2.24, 2.45) is 0 Å². The van der Waals surface area contributed by atoms with Gasteiger partial charge in [0.25, 0.3) is 0 Å². The Morgan fingerprint density at radius 2 is 1.83 bits per heavy atom. The van der Waals surface area contributed by atoms with Crippen molar-refractivity contribution in [3.05, 3.63) is 28.4 Å². The summed E-state index contributed by atoms with van der Waals surface area (Å²) in [4.78, 5) is 0. The minimum Gasteiger partial charge on any atom is -0.273 e. The Hall–Kier alpha value is -1.47. The fourth-order valence-electron chi connectivity index (χ4n) is 1.39. The van der Waals surface area contributed by atoms with Crippen molar-refractivity contribution in [3.8, 4) is 5.00 Å². The molecule has 0 saturated carbocycles. The molecule has 0 aliphatic carbocycles. The van der Waals surface area contributed by atoms with E-state index in [1.165, 1.54) is 4.72 Å². The Kier molecular flexibility index (Phi) is 4.32. The van der Waals surface area contributed by atoms with Crippen LogP contribution in [0, 0.1) is 0 Å². The van der Waals surface area contributed by atoms with Gasteiger partial charge in [-0.2, -0.15) is 39.9 Å². The normalized spacial score (nSPS) is 13.3. The molecule has 0 saturated heterocycles. The monoisotopic (exact) mass is 399 g/mol. The van der Waals surface area contributed by atoms with Crippen molar-refractivity contribution in [1.82, 2.24) is 9.78 Å². The van der Waals surface area contributed by atoms with Gasteiger partial charge in [0.15, 0.2) is 5.69 Å². The second-order valence-electron chi connectivity index (χ2n) is 3.96. The summed E-state index contributed by atoms with van der Waals surface area (Å²) < 4.78 is 98.4. The van der Waals surface area contributed by atoms with Crippen LogP contribution in [0.25, 0.3) is 5.00 Å². The molecular formula is C9H4ClF6N3O2S2. The molecule has 0 bridgehead atoms. The largest absolute Gasteiger partial charge is 0.516 e. The van der Waals surface area contributed by atoms with E-state index in [9.17, 15) is 34.8 Å². The number of sulfonamides is 1. The average molecular weight is 400 g/mol. The zero-order valence-electron chi connectivity index (χ0n) is 10.4. The van der Waals surface area contributed by atoms with Crippen molar-refractivity contribution in [2.75, 3.05) is 4.72 Å². The van der Waals surface area contributed by atoms with Crippen LogP contribution >= 0.6 is 22.9 Å². The number of alkyl halides is 6. The Labute approximate surface area is 133 Å². The number of halogens is 7. The van der Waals surface area contributed by atoms with Gasteiger partial charge in [-0.25, -0.2) is 4.68 Å². The van der Waals surface area contributed by atoms with Gasteiger partial charge in [0.05, 0.1) is 10.0 Å². The quantitative estimate of drug-likeness (QED) is 0.797. The van der Waals surface area contributed by atoms with E-state index in [0.717, 1.165) is 12.3 Å². The first-order valence-corrected chi connectivity index (χ1v) is 8.01. The summed E-state index contributed by atoms with van der Waals surface area (Å²) in [6.45, 7) is 0. The predicted octanol–water partition coefficient (Wildman–Crippen LogP) is 3.87. The smallest absolute Gasteiger partial charge is 0.273 e. The third kappa shape index (κ3) is 3.72. The minimum atomic E-state index is -5.75. The second-order valence-corrected chi connectivity index (χ2v) is 7.30. The van der Waals surface area contributed by atoms with E-state index in [0.29, 0.717) is 22.1 Å². The van der Waals surface area contributed by atoms with Gasteiger partial charge in [-0.1, -0.05) is 11.6 Å². The van der Waals surface area contributed by atoms with Gasteiger partial charge in [0, 0.05) is 6.20 Å². The van der Waals surface area contributed by atoms with E-state index in [2.05, 4.69) is 5.10 Å². The highest BCUT2D eigenvalue weighted by atomic mass is 35.5. The van der Waals surface area contributed by atoms with Gasteiger partial charge < -0.3 is 0 Å². The van der Waals surface area contributed by atoms with Gasteiger partial charge >= 0.3 is 21.7 Å². The van der Waals surface area contributed by atoms with E-state index in [1.807, 2.05) is 0 Å². The standard InChI is InChI=1S/C9H4ClF6N3O2S2/c10-6-3-4(18-23(20,21)9(14,15)16)7(22-6)19-2-1-5(17-19)8(11,12)13/h1-3,18H. The molecule has 2 aromatic rings. The van der Waals surface area contributed by atoms with Crippen molar-refractivity contribution in [3.63, 3.8) is 0 Å². The molecule has 2 aromatic heterocycles. The minimum absolute atomic E-state index is 0.149. The summed E-state index contributed by atoms with van der Waals surface area (Å²) >= 11 is 6.14. The number of nitrogens with one attached hydrogen (secondary N) is 1. The van der Waals surface area contributed by atoms with Crippen molar-refractivity contribution in [1.29, 1.82) is 0 Å². The van der Waals surface area contributed by atoms with Crippen LogP contribution in [0.5, 0.6) is 0 Å². The molecule has 2 heterocycles. The first-order chi connectivity index (χ1) is 10.3. The van der Waals surface area contributed by atoms with E-state index in [4.69, 9.17) is 11.6 Å². The lowest BCUT2D eigenvalue weighted by Gasteiger charge is -2.10. The molecule has 0 spiro atoms. The SMILES string of the molecule is O=S(=O)(Nc1cc(Cl)sc1-n1ccc(C(F)(F)F)n1)C(F)(F)F. The summed E-state index contributed by atoms with van der Waals surface area (Å²) in [7, 11) is -5.75. The molecule has 0 unspecified atom stereocenters.